The first-order valence-corrected chi connectivity index (χ1v) is 15.4. The number of hydrogen-bond acceptors (Lipinski definition) is 7. The molecule has 0 unspecified atom stereocenters. The van der Waals surface area contributed by atoms with Crippen molar-refractivity contribution >= 4 is 56.5 Å². The number of carbonyl (C=O) groups is 3. The van der Waals surface area contributed by atoms with Crippen molar-refractivity contribution in [2.45, 2.75) is 31.7 Å². The summed E-state index contributed by atoms with van der Waals surface area (Å²) in [5.74, 6) is 1.05. The highest BCUT2D eigenvalue weighted by atomic mass is 32.1. The number of thiophene rings is 1. The number of nitrogens with one attached hydrogen (secondary N) is 2. The summed E-state index contributed by atoms with van der Waals surface area (Å²) in [5.41, 5.74) is 1.87. The van der Waals surface area contributed by atoms with Gasteiger partial charge >= 0.3 is 6.03 Å². The predicted octanol–water partition coefficient (Wildman–Crippen LogP) is 6.35. The zero-order valence-electron chi connectivity index (χ0n) is 23.7. The second kappa shape index (κ2) is 11.5. The predicted molar refractivity (Wildman–Crippen MR) is 167 cm³/mol. The third-order valence-electron chi connectivity index (χ3n) is 7.95. The molecule has 3 aliphatic rings. The molecule has 4 amide bonds. The fourth-order valence-electron chi connectivity index (χ4n) is 5.64. The Balaban J connectivity index is 1.10. The van der Waals surface area contributed by atoms with Crippen LogP contribution in [0.1, 0.15) is 35.4 Å². The number of nitrogens with zero attached hydrogens (tertiary/aromatic N) is 4. The van der Waals surface area contributed by atoms with Gasteiger partial charge in [0, 0.05) is 25.3 Å². The quantitative estimate of drug-likeness (QED) is 0.187. The number of hydrogen-bond donors (Lipinski definition) is 2. The van der Waals surface area contributed by atoms with E-state index in [0.29, 0.717) is 75.5 Å². The lowest BCUT2D eigenvalue weighted by Gasteiger charge is -2.33. The summed E-state index contributed by atoms with van der Waals surface area (Å²) in [6, 6.07) is 19.8. The molecule has 2 fully saturated rings. The Labute approximate surface area is 257 Å². The first-order valence-electron chi connectivity index (χ1n) is 14.6. The maximum atomic E-state index is 13.6. The summed E-state index contributed by atoms with van der Waals surface area (Å²) in [6.45, 7) is 0.865. The summed E-state index contributed by atoms with van der Waals surface area (Å²) < 4.78 is 5.90. The van der Waals surface area contributed by atoms with E-state index in [1.54, 1.807) is 40.3 Å². The molecule has 2 aliphatic heterocycles. The number of allylic oxidation sites excluding steroid dienone is 1. The molecule has 7 rings (SSSR count). The summed E-state index contributed by atoms with van der Waals surface area (Å²) in [5, 5.41) is 16.2. The molecule has 2 aromatic heterocycles. The molecule has 0 radical (unpaired) electrons. The van der Waals surface area contributed by atoms with Crippen molar-refractivity contribution in [1.82, 2.24) is 15.2 Å². The Morgan fingerprint density at radius 2 is 1.84 bits per heavy atom. The number of urea groups is 1. The number of para-hydroxylation sites is 1. The summed E-state index contributed by atoms with van der Waals surface area (Å²) in [4.78, 5) is 48.8. The van der Waals surface area contributed by atoms with Crippen LogP contribution in [0.25, 0.3) is 10.2 Å². The van der Waals surface area contributed by atoms with E-state index in [2.05, 4.69) is 21.7 Å². The van der Waals surface area contributed by atoms with Gasteiger partial charge in [-0.15, -0.1) is 11.3 Å². The summed E-state index contributed by atoms with van der Waals surface area (Å²) in [6.07, 6.45) is 6.84. The van der Waals surface area contributed by atoms with Gasteiger partial charge in [0.15, 0.2) is 0 Å². The minimum absolute atomic E-state index is 0.178. The van der Waals surface area contributed by atoms with E-state index < -0.39 is 6.03 Å². The van der Waals surface area contributed by atoms with Crippen molar-refractivity contribution in [2.75, 3.05) is 23.3 Å². The molecule has 10 nitrogen and oxygen atoms in total. The van der Waals surface area contributed by atoms with Gasteiger partial charge in [0.2, 0.25) is 0 Å². The third-order valence-corrected chi connectivity index (χ3v) is 9.04. The van der Waals surface area contributed by atoms with Crippen LogP contribution in [-0.2, 0) is 4.79 Å². The number of nitriles is 1. The van der Waals surface area contributed by atoms with Crippen LogP contribution < -0.4 is 20.3 Å². The van der Waals surface area contributed by atoms with Gasteiger partial charge in [0.05, 0.1) is 22.4 Å². The zero-order chi connectivity index (χ0) is 30.2. The highest BCUT2D eigenvalue weighted by molar-refractivity contribution is 7.21. The van der Waals surface area contributed by atoms with Crippen LogP contribution in [0.5, 0.6) is 11.5 Å². The van der Waals surface area contributed by atoms with Gasteiger partial charge in [-0.05, 0) is 74.1 Å². The highest BCUT2D eigenvalue weighted by Crippen LogP contribution is 2.46. The Hall–Kier alpha value is -5.21. The Bertz CT molecular complexity index is 1840. The van der Waals surface area contributed by atoms with Crippen LogP contribution in [0.4, 0.5) is 21.9 Å². The summed E-state index contributed by atoms with van der Waals surface area (Å²) >= 11 is 1.21. The van der Waals surface area contributed by atoms with E-state index in [1.807, 2.05) is 42.5 Å². The summed E-state index contributed by atoms with van der Waals surface area (Å²) in [7, 11) is 0. The normalized spacial score (nSPS) is 18.0. The van der Waals surface area contributed by atoms with E-state index in [0.717, 1.165) is 12.8 Å². The van der Waals surface area contributed by atoms with Crippen molar-refractivity contribution in [2.24, 2.45) is 5.92 Å². The SMILES string of the molecule is N#C/C(=C\C1CC1)C(=O)N1CCC[C@@H](NC(=O)c2sc3nccc4c3c2NC(=O)N4c2ccc(Oc3ccccc3)cc2)C1. The average molecular weight is 605 g/mol. The second-order valence-electron chi connectivity index (χ2n) is 11.1. The monoisotopic (exact) mass is 604 g/mol. The Kier molecular flexibility index (Phi) is 7.20. The molecule has 0 bridgehead atoms. The van der Waals surface area contributed by atoms with Crippen LogP contribution in [0, 0.1) is 17.2 Å². The van der Waals surface area contributed by atoms with Crippen molar-refractivity contribution in [3.8, 4) is 17.6 Å². The zero-order valence-corrected chi connectivity index (χ0v) is 24.5. The largest absolute Gasteiger partial charge is 0.457 e. The van der Waals surface area contributed by atoms with Gasteiger partial charge in [0.25, 0.3) is 11.8 Å². The lowest BCUT2D eigenvalue weighted by atomic mass is 10.0. The van der Waals surface area contributed by atoms with E-state index in [-0.39, 0.29) is 23.4 Å². The number of aromatic nitrogens is 1. The minimum atomic E-state index is -0.393. The number of anilines is 3. The number of pyridine rings is 1. The number of benzene rings is 2. The first kappa shape index (κ1) is 27.6. The lowest BCUT2D eigenvalue weighted by molar-refractivity contribution is -0.128. The number of carbonyl (C=O) groups excluding carboxylic acids is 3. The number of rotatable bonds is 7. The van der Waals surface area contributed by atoms with E-state index in [9.17, 15) is 19.6 Å². The number of amides is 4. The van der Waals surface area contributed by atoms with Crippen LogP contribution in [-0.4, -0.2) is 46.9 Å². The molecule has 44 heavy (non-hydrogen) atoms. The van der Waals surface area contributed by atoms with Crippen molar-refractivity contribution in [3.63, 3.8) is 0 Å². The van der Waals surface area contributed by atoms with E-state index >= 15 is 0 Å². The smallest absolute Gasteiger partial charge is 0.331 e. The molecule has 220 valence electrons. The van der Waals surface area contributed by atoms with Crippen LogP contribution >= 0.6 is 11.3 Å². The maximum absolute atomic E-state index is 13.6. The standard InChI is InChI=1S/C33H28N6O4S/c34-18-21(17-20-8-9-20)32(41)38-16-4-5-22(19-38)36-30(40)29-28-27-26(14-15-35-31(27)44-29)39(33(42)37-28)23-10-12-25(13-11-23)43-24-6-2-1-3-7-24/h1-3,6-7,10-15,17,20,22H,4-5,8-9,16,19H2,(H,36,40)(H,37,42)/b21-17+/t22-/m1/s1. The lowest BCUT2D eigenvalue weighted by Crippen LogP contribution is -2.50. The number of likely N-dealkylation sites (tertiary alicyclic amines) is 1. The first-order chi connectivity index (χ1) is 21.5. The molecule has 0 spiro atoms. The molecule has 11 heteroatoms. The van der Waals surface area contributed by atoms with Gasteiger partial charge in [-0.2, -0.15) is 5.26 Å². The minimum Gasteiger partial charge on any atom is -0.457 e. The number of piperidine rings is 1. The Morgan fingerprint density at radius 1 is 1.07 bits per heavy atom. The van der Waals surface area contributed by atoms with Crippen LogP contribution in [0.2, 0.25) is 0 Å². The van der Waals surface area contributed by atoms with Gasteiger partial charge in [-0.1, -0.05) is 24.3 Å². The molecule has 4 aromatic rings. The Morgan fingerprint density at radius 3 is 2.59 bits per heavy atom. The maximum Gasteiger partial charge on any atom is 0.331 e. The van der Waals surface area contributed by atoms with Gasteiger partial charge < -0.3 is 20.3 Å². The molecule has 2 aromatic carbocycles. The van der Waals surface area contributed by atoms with E-state index in [4.69, 9.17) is 4.74 Å². The van der Waals surface area contributed by atoms with E-state index in [1.165, 1.54) is 11.3 Å². The average Bonchev–Trinajstić information content (AvgIpc) is 3.80. The van der Waals surface area contributed by atoms with Gasteiger partial charge in [0.1, 0.15) is 32.8 Å². The number of ether oxygens (including phenoxy) is 1. The van der Waals surface area contributed by atoms with Crippen molar-refractivity contribution in [3.05, 3.63) is 83.4 Å². The molecule has 1 saturated heterocycles. The van der Waals surface area contributed by atoms with Gasteiger partial charge in [-0.25, -0.2) is 9.78 Å². The fourth-order valence-corrected chi connectivity index (χ4v) is 6.67. The fraction of sp³-hybridized carbons (Fsp3) is 0.242. The van der Waals surface area contributed by atoms with Crippen molar-refractivity contribution < 1.29 is 19.1 Å². The second-order valence-corrected chi connectivity index (χ2v) is 12.1. The topological polar surface area (TPSA) is 128 Å². The molecule has 4 heterocycles. The molecule has 1 aliphatic carbocycles. The van der Waals surface area contributed by atoms with Gasteiger partial charge in [-0.3, -0.25) is 14.5 Å². The van der Waals surface area contributed by atoms with Crippen LogP contribution in [0.15, 0.2) is 78.5 Å². The van der Waals surface area contributed by atoms with Crippen LogP contribution in [0.3, 0.4) is 0 Å². The molecular weight excluding hydrogens is 576 g/mol. The molecule has 2 N–H and O–H groups in total. The highest BCUT2D eigenvalue weighted by Gasteiger charge is 2.34. The third kappa shape index (κ3) is 5.36. The molecule has 1 saturated carbocycles. The molecular formula is C33H28N6O4S. The molecule has 1 atom stereocenters. The van der Waals surface area contributed by atoms with Crippen molar-refractivity contribution in [1.29, 1.82) is 5.26 Å².